The second-order valence-corrected chi connectivity index (χ2v) is 6.72. The largest absolute Gasteiger partial charge is 0.390 e. The van der Waals surface area contributed by atoms with E-state index in [0.717, 1.165) is 12.3 Å². The minimum Gasteiger partial charge on any atom is -0.390 e. The lowest BCUT2D eigenvalue weighted by Gasteiger charge is -2.49. The van der Waals surface area contributed by atoms with Crippen LogP contribution in [0.2, 0.25) is 0 Å². The van der Waals surface area contributed by atoms with Crippen LogP contribution in [0, 0.1) is 17.3 Å². The average molecular weight is 222 g/mol. The van der Waals surface area contributed by atoms with Crippen LogP contribution in [0.4, 0.5) is 0 Å². The van der Waals surface area contributed by atoms with Crippen molar-refractivity contribution in [2.75, 3.05) is 0 Å². The van der Waals surface area contributed by atoms with Crippen molar-refractivity contribution in [2.45, 2.75) is 65.4 Å². The zero-order chi connectivity index (χ0) is 12.0. The van der Waals surface area contributed by atoms with Gasteiger partial charge in [0.2, 0.25) is 0 Å². The molecule has 0 bridgehead atoms. The second-order valence-electron chi connectivity index (χ2n) is 6.72. The highest BCUT2D eigenvalue weighted by molar-refractivity contribution is 5.21. The summed E-state index contributed by atoms with van der Waals surface area (Å²) in [5.74, 6) is 1.24. The van der Waals surface area contributed by atoms with E-state index in [4.69, 9.17) is 0 Å². The number of rotatable bonds is 1. The summed E-state index contributed by atoms with van der Waals surface area (Å²) in [6, 6.07) is 0. The fourth-order valence-electron chi connectivity index (χ4n) is 3.64. The van der Waals surface area contributed by atoms with E-state index in [0.29, 0.717) is 11.3 Å². The Hall–Kier alpha value is -0.300. The Balaban J connectivity index is 2.23. The Morgan fingerprint density at radius 3 is 2.69 bits per heavy atom. The maximum Gasteiger partial charge on any atom is 0.0620 e. The monoisotopic (exact) mass is 222 g/mol. The summed E-state index contributed by atoms with van der Waals surface area (Å²) in [4.78, 5) is 0. The van der Waals surface area contributed by atoms with E-state index in [2.05, 4.69) is 19.9 Å². The summed E-state index contributed by atoms with van der Waals surface area (Å²) in [6.07, 6.45) is 8.59. The Kier molecular flexibility index (Phi) is 2.94. The van der Waals surface area contributed by atoms with E-state index in [1.807, 2.05) is 13.8 Å². The highest BCUT2D eigenvalue weighted by Crippen LogP contribution is 2.53. The lowest BCUT2D eigenvalue weighted by Crippen LogP contribution is -2.43. The third-order valence-corrected chi connectivity index (χ3v) is 5.24. The summed E-state index contributed by atoms with van der Waals surface area (Å²) in [5, 5.41) is 10.2. The average Bonchev–Trinajstić information content (AvgIpc) is 2.17. The van der Waals surface area contributed by atoms with E-state index in [1.54, 1.807) is 5.57 Å². The minimum absolute atomic E-state index is 0.362. The van der Waals surface area contributed by atoms with Crippen molar-refractivity contribution in [1.29, 1.82) is 0 Å². The smallest absolute Gasteiger partial charge is 0.0620 e. The molecule has 1 nitrogen and oxygen atoms in total. The highest BCUT2D eigenvalue weighted by atomic mass is 16.3. The van der Waals surface area contributed by atoms with Crippen molar-refractivity contribution in [3.63, 3.8) is 0 Å². The molecule has 0 aromatic heterocycles. The fourth-order valence-corrected chi connectivity index (χ4v) is 3.64. The van der Waals surface area contributed by atoms with Gasteiger partial charge in [0.05, 0.1) is 5.60 Å². The number of hydrogen-bond donors (Lipinski definition) is 1. The molecule has 0 amide bonds. The molecule has 1 saturated carbocycles. The molecule has 3 atom stereocenters. The first-order chi connectivity index (χ1) is 7.34. The third kappa shape index (κ3) is 1.95. The van der Waals surface area contributed by atoms with Crippen molar-refractivity contribution in [1.82, 2.24) is 0 Å². The van der Waals surface area contributed by atoms with Gasteiger partial charge in [-0.15, -0.1) is 0 Å². The predicted octanol–water partition coefficient (Wildman–Crippen LogP) is 3.92. The third-order valence-electron chi connectivity index (χ3n) is 5.24. The Morgan fingerprint density at radius 1 is 1.38 bits per heavy atom. The molecule has 0 aliphatic heterocycles. The molecule has 2 rings (SSSR count). The molecule has 92 valence electrons. The lowest BCUT2D eigenvalue weighted by molar-refractivity contribution is -0.0245. The van der Waals surface area contributed by atoms with Crippen molar-refractivity contribution < 1.29 is 5.11 Å². The molecule has 16 heavy (non-hydrogen) atoms. The zero-order valence-corrected chi connectivity index (χ0v) is 11.2. The Labute approximate surface area is 99.9 Å². The van der Waals surface area contributed by atoms with Crippen LogP contribution in [0.5, 0.6) is 0 Å². The topological polar surface area (TPSA) is 20.2 Å². The van der Waals surface area contributed by atoms with Crippen molar-refractivity contribution >= 4 is 0 Å². The van der Waals surface area contributed by atoms with Crippen LogP contribution in [-0.4, -0.2) is 10.7 Å². The molecule has 0 aromatic carbocycles. The molecule has 2 unspecified atom stereocenters. The summed E-state index contributed by atoms with van der Waals surface area (Å²) < 4.78 is 0. The number of fused-ring (bicyclic) bond motifs is 1. The van der Waals surface area contributed by atoms with Crippen LogP contribution in [0.15, 0.2) is 11.6 Å². The van der Waals surface area contributed by atoms with E-state index >= 15 is 0 Å². The standard InChI is InChI=1S/C15H26O/c1-11-6-5-7-12-8-9-13(14(2,3)16)10-15(11,12)4/h7,11,13,16H,5-6,8-10H2,1-4H3/t11?,13?,15-/m0/s1. The SMILES string of the molecule is CC1CCC=C2CCC(C(C)(C)O)C[C@]21C. The van der Waals surface area contributed by atoms with E-state index in [1.165, 1.54) is 25.7 Å². The van der Waals surface area contributed by atoms with E-state index in [9.17, 15) is 5.11 Å². The van der Waals surface area contributed by atoms with Gasteiger partial charge >= 0.3 is 0 Å². The fraction of sp³-hybridized carbons (Fsp3) is 0.867. The molecule has 0 heterocycles. The van der Waals surface area contributed by atoms with Crippen LogP contribution >= 0.6 is 0 Å². The summed E-state index contributed by atoms with van der Waals surface area (Å²) in [6.45, 7) is 8.76. The molecule has 0 radical (unpaired) electrons. The zero-order valence-electron chi connectivity index (χ0n) is 11.2. The van der Waals surface area contributed by atoms with Gasteiger partial charge in [-0.05, 0) is 63.2 Å². The van der Waals surface area contributed by atoms with Gasteiger partial charge in [-0.1, -0.05) is 25.5 Å². The van der Waals surface area contributed by atoms with Crippen molar-refractivity contribution in [3.8, 4) is 0 Å². The predicted molar refractivity (Wildman–Crippen MR) is 68.2 cm³/mol. The van der Waals surface area contributed by atoms with Gasteiger partial charge in [0.15, 0.2) is 0 Å². The molecule has 2 aliphatic rings. The molecule has 1 fully saturated rings. The van der Waals surface area contributed by atoms with Gasteiger partial charge in [0.1, 0.15) is 0 Å². The maximum absolute atomic E-state index is 10.2. The molecule has 0 saturated heterocycles. The van der Waals surface area contributed by atoms with Crippen molar-refractivity contribution in [3.05, 3.63) is 11.6 Å². The summed E-state index contributed by atoms with van der Waals surface area (Å²) >= 11 is 0. The van der Waals surface area contributed by atoms with Gasteiger partial charge in [0, 0.05) is 0 Å². The number of allylic oxidation sites excluding steroid dienone is 2. The Bertz CT molecular complexity index is 297. The first kappa shape index (κ1) is 12.2. The van der Waals surface area contributed by atoms with Crippen LogP contribution in [-0.2, 0) is 0 Å². The molecule has 1 heteroatoms. The van der Waals surface area contributed by atoms with Gasteiger partial charge in [0.25, 0.3) is 0 Å². The van der Waals surface area contributed by atoms with Gasteiger partial charge in [-0.25, -0.2) is 0 Å². The highest BCUT2D eigenvalue weighted by Gasteiger charge is 2.44. The minimum atomic E-state index is -0.508. The number of aliphatic hydroxyl groups is 1. The molecule has 2 aliphatic carbocycles. The van der Waals surface area contributed by atoms with Crippen LogP contribution in [0.3, 0.4) is 0 Å². The lowest BCUT2D eigenvalue weighted by atomic mass is 9.56. The molecule has 1 N–H and O–H groups in total. The summed E-state index contributed by atoms with van der Waals surface area (Å²) in [5.41, 5.74) is 1.53. The van der Waals surface area contributed by atoms with Crippen molar-refractivity contribution in [2.24, 2.45) is 17.3 Å². The molecular formula is C15H26O. The van der Waals surface area contributed by atoms with Gasteiger partial charge in [-0.3, -0.25) is 0 Å². The quantitative estimate of drug-likeness (QED) is 0.667. The molecule has 0 aromatic rings. The van der Waals surface area contributed by atoms with Crippen LogP contribution in [0.25, 0.3) is 0 Å². The first-order valence-corrected chi connectivity index (χ1v) is 6.76. The van der Waals surface area contributed by atoms with E-state index in [-0.39, 0.29) is 0 Å². The van der Waals surface area contributed by atoms with Gasteiger partial charge < -0.3 is 5.11 Å². The summed E-state index contributed by atoms with van der Waals surface area (Å²) in [7, 11) is 0. The van der Waals surface area contributed by atoms with E-state index < -0.39 is 5.60 Å². The van der Waals surface area contributed by atoms with Crippen LogP contribution < -0.4 is 0 Å². The second kappa shape index (κ2) is 3.87. The molecule has 0 spiro atoms. The van der Waals surface area contributed by atoms with Crippen LogP contribution in [0.1, 0.15) is 59.8 Å². The van der Waals surface area contributed by atoms with Gasteiger partial charge in [-0.2, -0.15) is 0 Å². The first-order valence-electron chi connectivity index (χ1n) is 6.76. The Morgan fingerprint density at radius 2 is 2.06 bits per heavy atom. The molecular weight excluding hydrogens is 196 g/mol. The normalized spacial score (nSPS) is 40.2. The number of hydrogen-bond acceptors (Lipinski definition) is 1. The maximum atomic E-state index is 10.2.